The van der Waals surface area contributed by atoms with Crippen LogP contribution in [0, 0.1) is 0 Å². The lowest BCUT2D eigenvalue weighted by Gasteiger charge is -2.38. The molecular weight excluding hydrogens is 215 g/mol. The van der Waals surface area contributed by atoms with Gasteiger partial charge in [0.15, 0.2) is 0 Å². The van der Waals surface area contributed by atoms with Crippen LogP contribution >= 0.6 is 0 Å². The Labute approximate surface area is 106 Å². The first kappa shape index (κ1) is 16.7. The third kappa shape index (κ3) is 6.87. The normalized spacial score (nSPS) is 13.4. The monoisotopic (exact) mass is 242 g/mol. The van der Waals surface area contributed by atoms with Crippen LogP contribution in [0.1, 0.15) is 60.3 Å². The summed E-state index contributed by atoms with van der Waals surface area (Å²) < 4.78 is 5.43. The maximum Gasteiger partial charge on any atom is 0.483 e. The van der Waals surface area contributed by atoms with Gasteiger partial charge in [-0.25, -0.2) is 0 Å². The van der Waals surface area contributed by atoms with Crippen LogP contribution in [0.15, 0.2) is 12.1 Å². The predicted molar refractivity (Wildman–Crippen MR) is 72.7 cm³/mol. The molecule has 0 spiro atoms. The van der Waals surface area contributed by atoms with Crippen molar-refractivity contribution in [3.05, 3.63) is 12.1 Å². The second kappa shape index (κ2) is 7.19. The number of hydrogen-bond acceptors (Lipinski definition) is 3. The van der Waals surface area contributed by atoms with Crippen LogP contribution in [0.25, 0.3) is 0 Å². The van der Waals surface area contributed by atoms with Gasteiger partial charge in [0.2, 0.25) is 0 Å². The van der Waals surface area contributed by atoms with Crippen LogP contribution in [0.3, 0.4) is 0 Å². The molecule has 0 saturated carbocycles. The van der Waals surface area contributed by atoms with Gasteiger partial charge in [0.1, 0.15) is 0 Å². The van der Waals surface area contributed by atoms with Gasteiger partial charge in [-0.15, -0.1) is 0 Å². The maximum absolute atomic E-state index is 9.88. The maximum atomic E-state index is 9.88. The molecule has 0 radical (unpaired) electrons. The molecule has 0 atom stereocenters. The summed E-state index contributed by atoms with van der Waals surface area (Å²) in [7, 11) is -0.960. The summed E-state index contributed by atoms with van der Waals surface area (Å²) in [6.45, 7) is 9.03. The largest absolute Gasteiger partial charge is 0.483 e. The molecule has 0 aromatic carbocycles. The van der Waals surface area contributed by atoms with E-state index in [0.717, 1.165) is 12.8 Å². The topological polar surface area (TPSA) is 49.7 Å². The molecule has 0 heterocycles. The Kier molecular flexibility index (Phi) is 7.06. The number of rotatable bonds is 8. The molecule has 3 nitrogen and oxygen atoms in total. The Morgan fingerprint density at radius 1 is 1.18 bits per heavy atom. The van der Waals surface area contributed by atoms with Crippen molar-refractivity contribution in [2.45, 2.75) is 71.5 Å². The third-order valence-corrected chi connectivity index (χ3v) is 3.16. The zero-order valence-electron chi connectivity index (χ0n) is 11.9. The van der Waals surface area contributed by atoms with E-state index in [9.17, 15) is 10.1 Å². The molecule has 0 unspecified atom stereocenters. The van der Waals surface area contributed by atoms with Crippen molar-refractivity contribution in [3.63, 3.8) is 0 Å². The number of aliphatic hydroxyl groups is 1. The average Bonchev–Trinajstić information content (AvgIpc) is 2.14. The highest BCUT2D eigenvalue weighted by atomic mass is 16.5. The SMILES string of the molecule is CCCCC/C=C/B(O)OC(C)(C)C(C)(C)O. The highest BCUT2D eigenvalue weighted by Gasteiger charge is 2.38. The summed E-state index contributed by atoms with van der Waals surface area (Å²) in [5.41, 5.74) is -1.79. The first-order valence-corrected chi connectivity index (χ1v) is 6.45. The Balaban J connectivity index is 4.05. The van der Waals surface area contributed by atoms with Gasteiger partial charge in [-0.1, -0.05) is 31.8 Å². The van der Waals surface area contributed by atoms with Gasteiger partial charge in [-0.3, -0.25) is 0 Å². The van der Waals surface area contributed by atoms with E-state index in [4.69, 9.17) is 4.65 Å². The van der Waals surface area contributed by atoms with Crippen molar-refractivity contribution in [1.82, 2.24) is 0 Å². The summed E-state index contributed by atoms with van der Waals surface area (Å²) in [5, 5.41) is 19.6. The predicted octanol–water partition coefficient (Wildman–Crippen LogP) is 2.71. The lowest BCUT2D eigenvalue weighted by atomic mass is 9.83. The molecule has 17 heavy (non-hydrogen) atoms. The summed E-state index contributed by atoms with van der Waals surface area (Å²) in [4.78, 5) is 0. The Morgan fingerprint density at radius 2 is 1.76 bits per heavy atom. The second-order valence-electron chi connectivity index (χ2n) is 5.50. The van der Waals surface area contributed by atoms with E-state index in [0.29, 0.717) is 0 Å². The van der Waals surface area contributed by atoms with Crippen molar-refractivity contribution in [2.24, 2.45) is 0 Å². The molecule has 0 fully saturated rings. The van der Waals surface area contributed by atoms with E-state index in [1.54, 1.807) is 33.7 Å². The first-order chi connectivity index (χ1) is 7.70. The van der Waals surface area contributed by atoms with Crippen LogP contribution < -0.4 is 0 Å². The fraction of sp³-hybridized carbons (Fsp3) is 0.846. The summed E-state index contributed by atoms with van der Waals surface area (Å²) in [6, 6.07) is 0. The van der Waals surface area contributed by atoms with Gasteiger partial charge in [0.05, 0.1) is 11.2 Å². The van der Waals surface area contributed by atoms with E-state index >= 15 is 0 Å². The van der Waals surface area contributed by atoms with Crippen LogP contribution in [-0.2, 0) is 4.65 Å². The van der Waals surface area contributed by atoms with Crippen LogP contribution in [0.4, 0.5) is 0 Å². The molecule has 0 amide bonds. The van der Waals surface area contributed by atoms with Crippen molar-refractivity contribution >= 4 is 7.12 Å². The molecule has 2 N–H and O–H groups in total. The minimum Gasteiger partial charge on any atom is -0.423 e. The molecule has 0 saturated heterocycles. The molecule has 4 heteroatoms. The molecule has 0 bridgehead atoms. The highest BCUT2D eigenvalue weighted by molar-refractivity contribution is 6.49. The van der Waals surface area contributed by atoms with Gasteiger partial charge in [-0.05, 0) is 40.5 Å². The second-order valence-corrected chi connectivity index (χ2v) is 5.50. The molecule has 0 aromatic rings. The highest BCUT2D eigenvalue weighted by Crippen LogP contribution is 2.25. The third-order valence-electron chi connectivity index (χ3n) is 3.16. The van der Waals surface area contributed by atoms with Crippen LogP contribution in [0.5, 0.6) is 0 Å². The Hall–Kier alpha value is -0.315. The van der Waals surface area contributed by atoms with E-state index in [1.165, 1.54) is 12.8 Å². The minimum absolute atomic E-state index is 0.791. The van der Waals surface area contributed by atoms with Crippen molar-refractivity contribution < 1.29 is 14.8 Å². The van der Waals surface area contributed by atoms with Gasteiger partial charge in [0, 0.05) is 0 Å². The number of allylic oxidation sites excluding steroid dienone is 1. The van der Waals surface area contributed by atoms with Crippen LogP contribution in [-0.4, -0.2) is 28.5 Å². The fourth-order valence-corrected chi connectivity index (χ4v) is 1.21. The van der Waals surface area contributed by atoms with Crippen molar-refractivity contribution in [1.29, 1.82) is 0 Å². The van der Waals surface area contributed by atoms with E-state index in [-0.39, 0.29) is 0 Å². The zero-order chi connectivity index (χ0) is 13.5. The Bertz CT molecular complexity index is 231. The summed E-state index contributed by atoms with van der Waals surface area (Å²) in [6.07, 6.45) is 6.42. The molecule has 0 aliphatic rings. The average molecular weight is 242 g/mol. The molecule has 0 aliphatic carbocycles. The lowest BCUT2D eigenvalue weighted by molar-refractivity contribution is -0.0984. The molecular formula is C13H27BO3. The van der Waals surface area contributed by atoms with Crippen molar-refractivity contribution in [3.8, 4) is 0 Å². The first-order valence-electron chi connectivity index (χ1n) is 6.45. The minimum atomic E-state index is -0.996. The van der Waals surface area contributed by atoms with E-state index in [2.05, 4.69) is 6.92 Å². The van der Waals surface area contributed by atoms with Crippen molar-refractivity contribution in [2.75, 3.05) is 0 Å². The van der Waals surface area contributed by atoms with Gasteiger partial charge in [-0.2, -0.15) is 0 Å². The van der Waals surface area contributed by atoms with Gasteiger partial charge < -0.3 is 14.8 Å². The molecule has 0 aliphatic heterocycles. The molecule has 0 aromatic heterocycles. The summed E-state index contributed by atoms with van der Waals surface area (Å²) >= 11 is 0. The fourth-order valence-electron chi connectivity index (χ4n) is 1.21. The summed E-state index contributed by atoms with van der Waals surface area (Å²) in [5.74, 6) is 1.64. The van der Waals surface area contributed by atoms with E-state index in [1.807, 2.05) is 6.08 Å². The quantitative estimate of drug-likeness (QED) is 0.508. The van der Waals surface area contributed by atoms with E-state index < -0.39 is 18.3 Å². The smallest absolute Gasteiger partial charge is 0.423 e. The van der Waals surface area contributed by atoms with Gasteiger partial charge >= 0.3 is 7.12 Å². The van der Waals surface area contributed by atoms with Gasteiger partial charge in [0.25, 0.3) is 0 Å². The molecule has 100 valence electrons. The Morgan fingerprint density at radius 3 is 2.24 bits per heavy atom. The molecule has 0 rings (SSSR count). The zero-order valence-corrected chi connectivity index (χ0v) is 11.9. The van der Waals surface area contributed by atoms with Crippen LogP contribution in [0.2, 0.25) is 0 Å². The number of hydrogen-bond donors (Lipinski definition) is 2. The standard InChI is InChI=1S/C13H27BO3/c1-6-7-8-9-10-11-14(16)17-13(4,5)12(2,3)15/h10-11,15-16H,6-9H2,1-5H3/b11-10+. The lowest BCUT2D eigenvalue weighted by Crippen LogP contribution is -2.50. The number of unbranched alkanes of at least 4 members (excludes halogenated alkanes) is 3.